The fraction of sp³-hybridized carbons (Fsp3) is 0.167. The molecule has 0 unspecified atom stereocenters. The SMILES string of the molecule is COc1ccc2[nH]c(-c3cc(F)ccc3OC)c(CC(=O)O)c2c1. The van der Waals surface area contributed by atoms with Gasteiger partial charge in [-0.15, -0.1) is 0 Å². The molecule has 0 atom stereocenters. The minimum absolute atomic E-state index is 0.206. The minimum atomic E-state index is -0.977. The Bertz CT molecular complexity index is 917. The number of nitrogens with one attached hydrogen (secondary N) is 1. The lowest BCUT2D eigenvalue weighted by Gasteiger charge is -2.09. The zero-order valence-electron chi connectivity index (χ0n) is 13.2. The van der Waals surface area contributed by atoms with Gasteiger partial charge in [-0.2, -0.15) is 0 Å². The zero-order valence-corrected chi connectivity index (χ0v) is 13.2. The molecule has 1 aromatic heterocycles. The number of fused-ring (bicyclic) bond motifs is 1. The normalized spacial score (nSPS) is 10.8. The Morgan fingerprint density at radius 1 is 1.17 bits per heavy atom. The molecule has 2 N–H and O–H groups in total. The number of aliphatic carboxylic acids is 1. The fourth-order valence-corrected chi connectivity index (χ4v) is 2.79. The van der Waals surface area contributed by atoms with E-state index in [1.807, 2.05) is 0 Å². The number of hydrogen-bond donors (Lipinski definition) is 2. The first-order valence-corrected chi connectivity index (χ1v) is 7.27. The molecule has 0 aliphatic carbocycles. The van der Waals surface area contributed by atoms with E-state index in [2.05, 4.69) is 4.98 Å². The molecule has 0 bridgehead atoms. The third-order valence-electron chi connectivity index (χ3n) is 3.87. The number of aromatic amines is 1. The van der Waals surface area contributed by atoms with Gasteiger partial charge in [-0.05, 0) is 42.0 Å². The van der Waals surface area contributed by atoms with E-state index < -0.39 is 11.8 Å². The highest BCUT2D eigenvalue weighted by atomic mass is 19.1. The number of H-pyrrole nitrogens is 1. The van der Waals surface area contributed by atoms with E-state index in [-0.39, 0.29) is 6.42 Å². The molecule has 1 heterocycles. The van der Waals surface area contributed by atoms with Crippen LogP contribution in [0.15, 0.2) is 36.4 Å². The standard InChI is InChI=1S/C18H16FNO4/c1-23-11-4-5-15-12(8-11)13(9-17(21)22)18(20-15)14-7-10(19)3-6-16(14)24-2/h3-8,20H,9H2,1-2H3,(H,21,22). The second kappa shape index (κ2) is 6.23. The van der Waals surface area contributed by atoms with Crippen molar-refractivity contribution >= 4 is 16.9 Å². The van der Waals surface area contributed by atoms with Gasteiger partial charge >= 0.3 is 5.97 Å². The zero-order chi connectivity index (χ0) is 17.3. The molecule has 0 saturated heterocycles. The first kappa shape index (κ1) is 15.9. The molecule has 0 amide bonds. The summed E-state index contributed by atoms with van der Waals surface area (Å²) in [5, 5.41) is 9.99. The molecule has 0 spiro atoms. The number of carboxylic acid groups (broad SMARTS) is 1. The van der Waals surface area contributed by atoms with Crippen LogP contribution in [0.1, 0.15) is 5.56 Å². The van der Waals surface area contributed by atoms with Gasteiger partial charge in [0.05, 0.1) is 26.3 Å². The van der Waals surface area contributed by atoms with Crippen molar-refractivity contribution in [1.29, 1.82) is 0 Å². The summed E-state index contributed by atoms with van der Waals surface area (Å²) in [5.41, 5.74) is 2.30. The van der Waals surface area contributed by atoms with Crippen LogP contribution in [0, 0.1) is 5.82 Å². The topological polar surface area (TPSA) is 71.5 Å². The predicted octanol–water partition coefficient (Wildman–Crippen LogP) is 3.62. The van der Waals surface area contributed by atoms with Crippen LogP contribution < -0.4 is 9.47 Å². The van der Waals surface area contributed by atoms with Crippen LogP contribution in [0.2, 0.25) is 0 Å². The molecular weight excluding hydrogens is 313 g/mol. The van der Waals surface area contributed by atoms with Gasteiger partial charge in [0.25, 0.3) is 0 Å². The quantitative estimate of drug-likeness (QED) is 0.750. The molecule has 3 rings (SSSR count). The Labute approximate surface area is 137 Å². The first-order chi connectivity index (χ1) is 11.5. The number of carboxylic acids is 1. The van der Waals surface area contributed by atoms with Crippen LogP contribution in [0.3, 0.4) is 0 Å². The summed E-state index contributed by atoms with van der Waals surface area (Å²) >= 11 is 0. The summed E-state index contributed by atoms with van der Waals surface area (Å²) in [5.74, 6) is -0.328. The van der Waals surface area contributed by atoms with Gasteiger partial charge in [0.1, 0.15) is 17.3 Å². The van der Waals surface area contributed by atoms with Crippen molar-refractivity contribution in [2.24, 2.45) is 0 Å². The van der Waals surface area contributed by atoms with E-state index in [1.165, 1.54) is 25.3 Å². The van der Waals surface area contributed by atoms with E-state index in [1.54, 1.807) is 25.3 Å². The van der Waals surface area contributed by atoms with E-state index in [4.69, 9.17) is 9.47 Å². The number of benzene rings is 2. The molecule has 0 saturated carbocycles. The molecule has 0 aliphatic heterocycles. The largest absolute Gasteiger partial charge is 0.497 e. The number of rotatable bonds is 5. The minimum Gasteiger partial charge on any atom is -0.497 e. The average molecular weight is 329 g/mol. The molecule has 0 fully saturated rings. The summed E-state index contributed by atoms with van der Waals surface area (Å²) in [6.07, 6.45) is -0.206. The van der Waals surface area contributed by atoms with Crippen molar-refractivity contribution in [3.8, 4) is 22.8 Å². The maximum Gasteiger partial charge on any atom is 0.307 e. The average Bonchev–Trinajstić information content (AvgIpc) is 2.91. The molecule has 6 heteroatoms. The van der Waals surface area contributed by atoms with Crippen LogP contribution in [0.4, 0.5) is 4.39 Å². The smallest absolute Gasteiger partial charge is 0.307 e. The first-order valence-electron chi connectivity index (χ1n) is 7.27. The van der Waals surface area contributed by atoms with Gasteiger partial charge in [0.2, 0.25) is 0 Å². The third kappa shape index (κ3) is 2.78. The third-order valence-corrected chi connectivity index (χ3v) is 3.87. The van der Waals surface area contributed by atoms with Crippen LogP contribution in [0.5, 0.6) is 11.5 Å². The Hall–Kier alpha value is -3.02. The van der Waals surface area contributed by atoms with E-state index in [0.29, 0.717) is 28.3 Å². The number of hydrogen-bond acceptors (Lipinski definition) is 3. The Morgan fingerprint density at radius 2 is 1.96 bits per heavy atom. The lowest BCUT2D eigenvalue weighted by Crippen LogP contribution is -2.01. The van der Waals surface area contributed by atoms with Crippen molar-refractivity contribution in [2.45, 2.75) is 6.42 Å². The van der Waals surface area contributed by atoms with Crippen molar-refractivity contribution in [3.05, 3.63) is 47.8 Å². The van der Waals surface area contributed by atoms with Gasteiger partial charge < -0.3 is 19.6 Å². The van der Waals surface area contributed by atoms with E-state index >= 15 is 0 Å². The van der Waals surface area contributed by atoms with E-state index in [0.717, 1.165) is 10.9 Å². The summed E-state index contributed by atoms with van der Waals surface area (Å²) in [6.45, 7) is 0. The lowest BCUT2D eigenvalue weighted by molar-refractivity contribution is -0.136. The summed E-state index contributed by atoms with van der Waals surface area (Å²) in [4.78, 5) is 14.5. The second-order valence-electron chi connectivity index (χ2n) is 5.31. The summed E-state index contributed by atoms with van der Waals surface area (Å²) in [6, 6.07) is 9.47. The maximum absolute atomic E-state index is 13.7. The molecule has 0 radical (unpaired) electrons. The number of carbonyl (C=O) groups is 1. The van der Waals surface area contributed by atoms with Crippen LogP contribution in [0.25, 0.3) is 22.2 Å². The number of aromatic nitrogens is 1. The van der Waals surface area contributed by atoms with Gasteiger partial charge in [-0.1, -0.05) is 0 Å². The predicted molar refractivity (Wildman–Crippen MR) is 88.1 cm³/mol. The van der Waals surface area contributed by atoms with Crippen molar-refractivity contribution in [1.82, 2.24) is 4.98 Å². The highest BCUT2D eigenvalue weighted by Crippen LogP contribution is 2.37. The monoisotopic (exact) mass is 329 g/mol. The van der Waals surface area contributed by atoms with Crippen molar-refractivity contribution < 1.29 is 23.8 Å². The number of methoxy groups -OCH3 is 2. The van der Waals surface area contributed by atoms with Crippen molar-refractivity contribution in [2.75, 3.05) is 14.2 Å². The number of ether oxygens (including phenoxy) is 2. The highest BCUT2D eigenvalue weighted by Gasteiger charge is 2.19. The maximum atomic E-state index is 13.7. The van der Waals surface area contributed by atoms with Gasteiger partial charge in [-0.25, -0.2) is 4.39 Å². The fourth-order valence-electron chi connectivity index (χ4n) is 2.79. The Balaban J connectivity index is 2.31. The van der Waals surface area contributed by atoms with Gasteiger partial charge in [-0.3, -0.25) is 4.79 Å². The van der Waals surface area contributed by atoms with Crippen LogP contribution in [-0.4, -0.2) is 30.3 Å². The molecule has 5 nitrogen and oxygen atoms in total. The van der Waals surface area contributed by atoms with Crippen molar-refractivity contribution in [3.63, 3.8) is 0 Å². The summed E-state index contributed by atoms with van der Waals surface area (Å²) in [7, 11) is 3.03. The van der Waals surface area contributed by atoms with E-state index in [9.17, 15) is 14.3 Å². The van der Waals surface area contributed by atoms with Gasteiger partial charge in [0, 0.05) is 16.5 Å². The second-order valence-corrected chi connectivity index (χ2v) is 5.31. The molecule has 24 heavy (non-hydrogen) atoms. The molecule has 0 aliphatic rings. The molecule has 3 aromatic rings. The Morgan fingerprint density at radius 3 is 2.62 bits per heavy atom. The van der Waals surface area contributed by atoms with Crippen LogP contribution in [-0.2, 0) is 11.2 Å². The number of halogens is 1. The lowest BCUT2D eigenvalue weighted by atomic mass is 10.0. The molecular formula is C18H16FNO4. The highest BCUT2D eigenvalue weighted by molar-refractivity contribution is 5.95. The Kier molecular flexibility index (Phi) is 4.12. The van der Waals surface area contributed by atoms with Crippen LogP contribution >= 0.6 is 0 Å². The van der Waals surface area contributed by atoms with Gasteiger partial charge in [0.15, 0.2) is 0 Å². The molecule has 124 valence electrons. The molecule has 2 aromatic carbocycles. The summed E-state index contributed by atoms with van der Waals surface area (Å²) < 4.78 is 24.2.